The summed E-state index contributed by atoms with van der Waals surface area (Å²) in [5, 5.41) is 6.05. The quantitative estimate of drug-likeness (QED) is 0.377. The minimum atomic E-state index is -0.225. The van der Waals surface area contributed by atoms with E-state index < -0.39 is 0 Å². The van der Waals surface area contributed by atoms with E-state index in [2.05, 4.69) is 20.6 Å². The number of amides is 2. The van der Waals surface area contributed by atoms with Gasteiger partial charge in [-0.15, -0.1) is 0 Å². The summed E-state index contributed by atoms with van der Waals surface area (Å²) in [6.07, 6.45) is 3.71. The van der Waals surface area contributed by atoms with Crippen LogP contribution in [0.4, 0.5) is 5.69 Å². The number of aliphatic imine (C=N–C) groups is 2. The molecule has 1 aliphatic rings. The second-order valence-corrected chi connectivity index (χ2v) is 7.80. The number of allylic oxidation sites excluding steroid dienone is 1. The molecule has 0 spiro atoms. The van der Waals surface area contributed by atoms with Crippen molar-refractivity contribution in [3.05, 3.63) is 46.8 Å². The molecular formula is C23H33N7O2. The van der Waals surface area contributed by atoms with Crippen molar-refractivity contribution in [2.24, 2.45) is 21.5 Å². The third kappa shape index (κ3) is 6.19. The van der Waals surface area contributed by atoms with E-state index in [0.717, 1.165) is 11.3 Å². The molecule has 2 rings (SSSR count). The summed E-state index contributed by atoms with van der Waals surface area (Å²) in [6.45, 7) is 6.32. The van der Waals surface area contributed by atoms with E-state index in [0.29, 0.717) is 41.9 Å². The van der Waals surface area contributed by atoms with Crippen LogP contribution in [0, 0.1) is 0 Å². The standard InChI is InChI=1S/C23H33N7O2/c1-14(2)28-23(32)17-8-16(18(11-24)12-26-4)9-19(10-17)29-22(25)20-13-30(15(3)31)7-6-21(20)27-5/h8-12,14,27H,6-7,13,24H2,1-5H3,(H2,25,29)(H,28,32). The first-order chi connectivity index (χ1) is 15.2. The molecule has 0 radical (unpaired) electrons. The molecular weight excluding hydrogens is 406 g/mol. The van der Waals surface area contributed by atoms with Gasteiger partial charge >= 0.3 is 0 Å². The molecule has 1 aliphatic heterocycles. The van der Waals surface area contributed by atoms with Gasteiger partial charge in [0.25, 0.3) is 5.91 Å². The van der Waals surface area contributed by atoms with Gasteiger partial charge < -0.3 is 27.0 Å². The van der Waals surface area contributed by atoms with Gasteiger partial charge in [0, 0.05) is 74.8 Å². The zero-order valence-corrected chi connectivity index (χ0v) is 19.4. The van der Waals surface area contributed by atoms with Gasteiger partial charge in [-0.2, -0.15) is 0 Å². The fourth-order valence-electron chi connectivity index (χ4n) is 3.42. The number of carbonyl (C=O) groups is 2. The number of amidine groups is 1. The molecule has 0 unspecified atom stereocenters. The largest absolute Gasteiger partial charge is 0.404 e. The van der Waals surface area contributed by atoms with Crippen LogP contribution in [0.15, 0.2) is 45.7 Å². The Kier molecular flexibility index (Phi) is 8.57. The first-order valence-electron chi connectivity index (χ1n) is 10.5. The molecule has 9 nitrogen and oxygen atoms in total. The molecule has 0 atom stereocenters. The monoisotopic (exact) mass is 439 g/mol. The number of nitrogens with zero attached hydrogens (tertiary/aromatic N) is 3. The van der Waals surface area contributed by atoms with Crippen molar-refractivity contribution >= 4 is 35.1 Å². The lowest BCUT2D eigenvalue weighted by Crippen LogP contribution is -2.40. The van der Waals surface area contributed by atoms with Crippen LogP contribution in [0.25, 0.3) is 5.57 Å². The highest BCUT2D eigenvalue weighted by Crippen LogP contribution is 2.24. The van der Waals surface area contributed by atoms with Crippen molar-refractivity contribution in [1.82, 2.24) is 15.5 Å². The fourth-order valence-corrected chi connectivity index (χ4v) is 3.42. The molecule has 2 amide bonds. The van der Waals surface area contributed by atoms with Crippen molar-refractivity contribution in [1.29, 1.82) is 0 Å². The Bertz CT molecular complexity index is 990. The third-order valence-electron chi connectivity index (χ3n) is 5.03. The van der Waals surface area contributed by atoms with Gasteiger partial charge in [0.1, 0.15) is 5.84 Å². The summed E-state index contributed by atoms with van der Waals surface area (Å²) in [7, 11) is 3.47. The van der Waals surface area contributed by atoms with Crippen molar-refractivity contribution in [2.75, 3.05) is 27.2 Å². The Balaban J connectivity index is 2.56. The van der Waals surface area contributed by atoms with Gasteiger partial charge in [-0.05, 0) is 37.6 Å². The molecule has 1 aromatic carbocycles. The van der Waals surface area contributed by atoms with Gasteiger partial charge in [0.2, 0.25) is 5.91 Å². The molecule has 1 aromatic rings. The number of nitrogens with two attached hydrogens (primary N) is 2. The van der Waals surface area contributed by atoms with Crippen LogP contribution in [0.3, 0.4) is 0 Å². The predicted octanol–water partition coefficient (Wildman–Crippen LogP) is 1.54. The number of rotatable bonds is 7. The molecule has 1 heterocycles. The minimum absolute atomic E-state index is 0.0170. The molecule has 32 heavy (non-hydrogen) atoms. The van der Waals surface area contributed by atoms with Gasteiger partial charge in [0.15, 0.2) is 0 Å². The maximum Gasteiger partial charge on any atom is 0.251 e. The first kappa shape index (κ1) is 24.6. The Morgan fingerprint density at radius 1 is 1.22 bits per heavy atom. The van der Waals surface area contributed by atoms with Crippen molar-refractivity contribution in [3.63, 3.8) is 0 Å². The molecule has 172 valence electrons. The van der Waals surface area contributed by atoms with Crippen LogP contribution in [-0.4, -0.2) is 62.0 Å². The van der Waals surface area contributed by atoms with E-state index in [1.165, 1.54) is 13.1 Å². The molecule has 0 saturated heterocycles. The summed E-state index contributed by atoms with van der Waals surface area (Å²) in [6, 6.07) is 5.19. The van der Waals surface area contributed by atoms with Crippen LogP contribution in [-0.2, 0) is 4.79 Å². The van der Waals surface area contributed by atoms with E-state index in [1.54, 1.807) is 36.4 Å². The molecule has 0 aliphatic carbocycles. The van der Waals surface area contributed by atoms with Crippen LogP contribution in [0.1, 0.15) is 43.1 Å². The first-order valence-corrected chi connectivity index (χ1v) is 10.5. The lowest BCUT2D eigenvalue weighted by Gasteiger charge is -2.29. The lowest BCUT2D eigenvalue weighted by molar-refractivity contribution is -0.128. The highest BCUT2D eigenvalue weighted by Gasteiger charge is 2.22. The zero-order valence-electron chi connectivity index (χ0n) is 19.4. The smallest absolute Gasteiger partial charge is 0.251 e. The van der Waals surface area contributed by atoms with Gasteiger partial charge in [-0.1, -0.05) is 0 Å². The van der Waals surface area contributed by atoms with Crippen LogP contribution in [0.2, 0.25) is 0 Å². The SMILES string of the molecule is CN=CC(=CN)c1cc(N=C(N)C2=C(NC)CCN(C(C)=O)C2)cc(C(=O)NC(C)C)c1. The second-order valence-electron chi connectivity index (χ2n) is 7.80. The predicted molar refractivity (Wildman–Crippen MR) is 130 cm³/mol. The molecule has 9 heteroatoms. The van der Waals surface area contributed by atoms with E-state index >= 15 is 0 Å². The molecule has 0 fully saturated rings. The fraction of sp³-hybridized carbons (Fsp3) is 0.391. The number of hydrogen-bond acceptors (Lipinski definition) is 6. The molecule has 6 N–H and O–H groups in total. The summed E-state index contributed by atoms with van der Waals surface area (Å²) < 4.78 is 0. The Labute approximate surface area is 189 Å². The Morgan fingerprint density at radius 2 is 1.91 bits per heavy atom. The lowest BCUT2D eigenvalue weighted by atomic mass is 10.0. The highest BCUT2D eigenvalue weighted by atomic mass is 16.2. The summed E-state index contributed by atoms with van der Waals surface area (Å²) in [5.74, 6) is 0.0454. The number of benzene rings is 1. The minimum Gasteiger partial charge on any atom is -0.404 e. The third-order valence-corrected chi connectivity index (χ3v) is 5.03. The summed E-state index contributed by atoms with van der Waals surface area (Å²) in [5.41, 5.74) is 16.1. The Morgan fingerprint density at radius 3 is 2.47 bits per heavy atom. The van der Waals surface area contributed by atoms with Gasteiger partial charge in [-0.3, -0.25) is 14.6 Å². The van der Waals surface area contributed by atoms with Crippen molar-refractivity contribution in [2.45, 2.75) is 33.2 Å². The van der Waals surface area contributed by atoms with E-state index in [4.69, 9.17) is 11.5 Å². The molecule has 0 saturated carbocycles. The van der Waals surface area contributed by atoms with Crippen LogP contribution < -0.4 is 22.1 Å². The summed E-state index contributed by atoms with van der Waals surface area (Å²) >= 11 is 0. The van der Waals surface area contributed by atoms with E-state index in [9.17, 15) is 9.59 Å². The number of carbonyl (C=O) groups excluding carboxylic acids is 2. The van der Waals surface area contributed by atoms with Gasteiger partial charge in [0.05, 0.1) is 12.2 Å². The molecule has 0 bridgehead atoms. The van der Waals surface area contributed by atoms with E-state index in [1.807, 2.05) is 20.9 Å². The maximum atomic E-state index is 12.7. The van der Waals surface area contributed by atoms with Crippen molar-refractivity contribution < 1.29 is 9.59 Å². The Hall–Kier alpha value is -3.62. The van der Waals surface area contributed by atoms with Crippen LogP contribution in [0.5, 0.6) is 0 Å². The zero-order chi connectivity index (χ0) is 23.8. The highest BCUT2D eigenvalue weighted by molar-refractivity contribution is 6.11. The maximum absolute atomic E-state index is 12.7. The normalized spacial score (nSPS) is 15.5. The number of nitrogens with one attached hydrogen (secondary N) is 2. The van der Waals surface area contributed by atoms with E-state index in [-0.39, 0.29) is 23.7 Å². The van der Waals surface area contributed by atoms with Gasteiger partial charge in [-0.25, -0.2) is 4.99 Å². The summed E-state index contributed by atoms with van der Waals surface area (Å²) in [4.78, 5) is 34.9. The second kappa shape index (κ2) is 11.1. The molecule has 0 aromatic heterocycles. The number of hydrogen-bond donors (Lipinski definition) is 4. The van der Waals surface area contributed by atoms with Crippen LogP contribution >= 0.6 is 0 Å². The average Bonchev–Trinajstić information content (AvgIpc) is 2.76. The topological polar surface area (TPSA) is 138 Å². The average molecular weight is 440 g/mol. The van der Waals surface area contributed by atoms with Crippen molar-refractivity contribution in [3.8, 4) is 0 Å².